The third kappa shape index (κ3) is 0.299. The van der Waals surface area contributed by atoms with E-state index in [1.165, 1.54) is 0 Å². The number of rotatable bonds is 1. The minimum absolute atomic E-state index is 0.935. The average Bonchev–Trinajstić information content (AvgIpc) is 2.45. The first kappa shape index (κ1) is 4.42. The van der Waals surface area contributed by atoms with Crippen LogP contribution in [0.4, 0.5) is 0 Å². The SMILES string of the molecule is CC1C2=C(N(C)C)C21. The van der Waals surface area contributed by atoms with Crippen LogP contribution in [0.15, 0.2) is 11.3 Å². The summed E-state index contributed by atoms with van der Waals surface area (Å²) in [5, 5.41) is 0. The summed E-state index contributed by atoms with van der Waals surface area (Å²) in [6.45, 7) is 2.30. The highest BCUT2D eigenvalue weighted by molar-refractivity contribution is 5.57. The Morgan fingerprint density at radius 2 is 1.88 bits per heavy atom. The molecule has 0 aromatic rings. The highest BCUT2D eigenvalue weighted by Crippen LogP contribution is 2.67. The van der Waals surface area contributed by atoms with Crippen LogP contribution in [0.5, 0.6) is 0 Å². The molecule has 1 nitrogen and oxygen atoms in total. The Kier molecular flexibility index (Phi) is 0.525. The lowest BCUT2D eigenvalue weighted by molar-refractivity contribution is 0.489. The molecule has 0 spiro atoms. The van der Waals surface area contributed by atoms with E-state index in [9.17, 15) is 0 Å². The molecule has 0 amide bonds. The molecule has 44 valence electrons. The van der Waals surface area contributed by atoms with Crippen molar-refractivity contribution in [1.82, 2.24) is 4.90 Å². The van der Waals surface area contributed by atoms with Crippen molar-refractivity contribution in [3.63, 3.8) is 0 Å². The second-order valence-corrected chi connectivity index (χ2v) is 3.00. The molecule has 2 aliphatic rings. The van der Waals surface area contributed by atoms with E-state index in [-0.39, 0.29) is 0 Å². The molecular formula is C7H11N. The monoisotopic (exact) mass is 109 g/mol. The standard InChI is InChI=1S/C7H11N/c1-4-5-6(4)7(5)8(2)3/h4-5H,1-3H3. The van der Waals surface area contributed by atoms with Crippen LogP contribution in [0.2, 0.25) is 0 Å². The normalized spacial score (nSPS) is 39.4. The lowest BCUT2D eigenvalue weighted by Gasteiger charge is -2.10. The van der Waals surface area contributed by atoms with E-state index in [0.29, 0.717) is 0 Å². The highest BCUT2D eigenvalue weighted by Gasteiger charge is 2.59. The van der Waals surface area contributed by atoms with Gasteiger partial charge in [-0.3, -0.25) is 0 Å². The first-order valence-electron chi connectivity index (χ1n) is 3.14. The van der Waals surface area contributed by atoms with Gasteiger partial charge < -0.3 is 4.90 Å². The van der Waals surface area contributed by atoms with Gasteiger partial charge in [-0.15, -0.1) is 0 Å². The molecule has 8 heavy (non-hydrogen) atoms. The number of hydrogen-bond donors (Lipinski definition) is 0. The van der Waals surface area contributed by atoms with Gasteiger partial charge in [0.2, 0.25) is 0 Å². The Morgan fingerprint density at radius 1 is 1.38 bits per heavy atom. The van der Waals surface area contributed by atoms with Gasteiger partial charge in [-0.25, -0.2) is 0 Å². The van der Waals surface area contributed by atoms with E-state index >= 15 is 0 Å². The molecule has 1 heteroatoms. The van der Waals surface area contributed by atoms with Crippen LogP contribution in [-0.4, -0.2) is 19.0 Å². The molecule has 0 bridgehead atoms. The van der Waals surface area contributed by atoms with E-state index in [4.69, 9.17) is 0 Å². The molecule has 2 aliphatic carbocycles. The summed E-state index contributed by atoms with van der Waals surface area (Å²) in [6.07, 6.45) is 0. The third-order valence-corrected chi connectivity index (χ3v) is 2.21. The van der Waals surface area contributed by atoms with Gasteiger partial charge in [0.1, 0.15) is 0 Å². The Hall–Kier alpha value is -0.460. The smallest absolute Gasteiger partial charge is 0.0285 e. The molecule has 0 radical (unpaired) electrons. The number of allylic oxidation sites excluding steroid dienone is 2. The van der Waals surface area contributed by atoms with Crippen molar-refractivity contribution in [2.75, 3.05) is 14.1 Å². The van der Waals surface area contributed by atoms with Gasteiger partial charge in [-0.05, 0) is 11.5 Å². The molecule has 2 atom stereocenters. The first-order chi connectivity index (χ1) is 3.73. The molecule has 2 unspecified atom stereocenters. The van der Waals surface area contributed by atoms with Crippen molar-refractivity contribution in [2.24, 2.45) is 11.8 Å². The number of fused-ring (bicyclic) bond motifs is 1. The van der Waals surface area contributed by atoms with E-state index in [0.717, 1.165) is 11.8 Å². The Morgan fingerprint density at radius 3 is 2.00 bits per heavy atom. The van der Waals surface area contributed by atoms with Gasteiger partial charge in [-0.2, -0.15) is 0 Å². The molecule has 0 heterocycles. The summed E-state index contributed by atoms with van der Waals surface area (Å²) in [5.74, 6) is 1.89. The molecule has 0 aromatic carbocycles. The van der Waals surface area contributed by atoms with Gasteiger partial charge in [0.05, 0.1) is 0 Å². The van der Waals surface area contributed by atoms with Crippen LogP contribution in [-0.2, 0) is 0 Å². The highest BCUT2D eigenvalue weighted by atomic mass is 15.1. The topological polar surface area (TPSA) is 3.24 Å². The summed E-state index contributed by atoms with van der Waals surface area (Å²) in [7, 11) is 4.25. The molecule has 0 aliphatic heterocycles. The van der Waals surface area contributed by atoms with Crippen LogP contribution in [0.25, 0.3) is 0 Å². The molecule has 1 fully saturated rings. The largest absolute Gasteiger partial charge is 0.380 e. The molecule has 0 saturated heterocycles. The van der Waals surface area contributed by atoms with Crippen molar-refractivity contribution >= 4 is 0 Å². The quantitative estimate of drug-likeness (QED) is 0.487. The molecule has 0 aromatic heterocycles. The minimum atomic E-state index is 0.935. The average molecular weight is 109 g/mol. The van der Waals surface area contributed by atoms with Gasteiger partial charge in [0.25, 0.3) is 0 Å². The maximum absolute atomic E-state index is 2.30. The van der Waals surface area contributed by atoms with Gasteiger partial charge in [0, 0.05) is 25.7 Å². The first-order valence-corrected chi connectivity index (χ1v) is 3.14. The van der Waals surface area contributed by atoms with Crippen LogP contribution in [0.3, 0.4) is 0 Å². The molecule has 0 N–H and O–H groups in total. The van der Waals surface area contributed by atoms with E-state index in [1.807, 2.05) is 0 Å². The maximum atomic E-state index is 2.30. The molecule has 1 saturated carbocycles. The Balaban J connectivity index is 2.09. The van der Waals surface area contributed by atoms with Crippen LogP contribution < -0.4 is 0 Å². The van der Waals surface area contributed by atoms with Crippen molar-refractivity contribution in [1.29, 1.82) is 0 Å². The van der Waals surface area contributed by atoms with Gasteiger partial charge in [0.15, 0.2) is 0 Å². The zero-order valence-electron chi connectivity index (χ0n) is 5.60. The van der Waals surface area contributed by atoms with Crippen molar-refractivity contribution < 1.29 is 0 Å². The summed E-state index contributed by atoms with van der Waals surface area (Å²) in [6, 6.07) is 0. The van der Waals surface area contributed by atoms with Crippen LogP contribution in [0, 0.1) is 11.8 Å². The van der Waals surface area contributed by atoms with E-state index in [2.05, 4.69) is 25.9 Å². The lowest BCUT2D eigenvalue weighted by atomic mass is 10.2. The van der Waals surface area contributed by atoms with E-state index in [1.54, 1.807) is 11.3 Å². The molecule has 2 rings (SSSR count). The van der Waals surface area contributed by atoms with Gasteiger partial charge in [-0.1, -0.05) is 6.92 Å². The van der Waals surface area contributed by atoms with Crippen molar-refractivity contribution in [3.8, 4) is 0 Å². The Bertz CT molecular complexity index is 167. The fourth-order valence-corrected chi connectivity index (χ4v) is 1.55. The van der Waals surface area contributed by atoms with E-state index < -0.39 is 0 Å². The fraction of sp³-hybridized carbons (Fsp3) is 0.714. The summed E-state index contributed by atoms with van der Waals surface area (Å²) in [5.41, 5.74) is 3.33. The third-order valence-electron chi connectivity index (χ3n) is 2.21. The predicted molar refractivity (Wildman–Crippen MR) is 33.4 cm³/mol. The van der Waals surface area contributed by atoms with Gasteiger partial charge >= 0.3 is 0 Å². The van der Waals surface area contributed by atoms with Crippen LogP contribution in [0.1, 0.15) is 6.92 Å². The van der Waals surface area contributed by atoms with Crippen LogP contribution >= 0.6 is 0 Å². The van der Waals surface area contributed by atoms with Crippen molar-refractivity contribution in [3.05, 3.63) is 11.3 Å². The Labute approximate surface area is 50.0 Å². The second kappa shape index (κ2) is 0.949. The lowest BCUT2D eigenvalue weighted by Crippen LogP contribution is -2.08. The number of hydrogen-bond acceptors (Lipinski definition) is 1. The number of nitrogens with zero attached hydrogens (tertiary/aromatic N) is 1. The summed E-state index contributed by atoms with van der Waals surface area (Å²) >= 11 is 0. The zero-order chi connectivity index (χ0) is 5.89. The minimum Gasteiger partial charge on any atom is -0.380 e. The summed E-state index contributed by atoms with van der Waals surface area (Å²) in [4.78, 5) is 2.24. The maximum Gasteiger partial charge on any atom is 0.0285 e. The second-order valence-electron chi connectivity index (χ2n) is 3.00. The fourth-order valence-electron chi connectivity index (χ4n) is 1.55. The predicted octanol–water partition coefficient (Wildman–Crippen LogP) is 1.08. The summed E-state index contributed by atoms with van der Waals surface area (Å²) < 4.78 is 0. The molecular weight excluding hydrogens is 98.1 g/mol. The zero-order valence-corrected chi connectivity index (χ0v) is 5.60. The van der Waals surface area contributed by atoms with Crippen molar-refractivity contribution in [2.45, 2.75) is 6.92 Å².